The van der Waals surface area contributed by atoms with E-state index in [-0.39, 0.29) is 0 Å². The number of ether oxygens (including phenoxy) is 3. The van der Waals surface area contributed by atoms with Crippen LogP contribution < -0.4 is 19.3 Å². The van der Waals surface area contributed by atoms with Gasteiger partial charge in [0.25, 0.3) is 0 Å². The topological polar surface area (TPSA) is 56.8 Å². The standard InChI is InChI=1S/C23H31ClN2O4/c1-28-22-3-2-4-23(15-22)30-14-13-29-18-21(27)17-26-11-9-25(10-12-26)16-19-5-7-20(24)8-6-19/h2-8,15,21,27H,9-14,16-18H2,1H3/p+2/t21-/m0/s1. The van der Waals surface area contributed by atoms with E-state index in [4.69, 9.17) is 25.8 Å². The molecule has 3 N–H and O–H groups in total. The van der Waals surface area contributed by atoms with Crippen LogP contribution in [-0.4, -0.2) is 70.9 Å². The third-order valence-electron chi connectivity index (χ3n) is 5.40. The van der Waals surface area contributed by atoms with Crippen molar-refractivity contribution in [1.29, 1.82) is 0 Å². The van der Waals surface area contributed by atoms with Crippen molar-refractivity contribution < 1.29 is 29.1 Å². The first-order chi connectivity index (χ1) is 14.6. The molecule has 0 aliphatic carbocycles. The van der Waals surface area contributed by atoms with E-state index in [1.54, 1.807) is 12.0 Å². The second kappa shape index (κ2) is 12.1. The van der Waals surface area contributed by atoms with Crippen molar-refractivity contribution in [2.45, 2.75) is 12.6 Å². The van der Waals surface area contributed by atoms with Crippen molar-refractivity contribution in [3.63, 3.8) is 0 Å². The molecule has 2 aromatic carbocycles. The van der Waals surface area contributed by atoms with E-state index in [2.05, 4.69) is 12.1 Å². The van der Waals surface area contributed by atoms with Crippen LogP contribution in [0, 0.1) is 0 Å². The number of quaternary nitrogens is 2. The van der Waals surface area contributed by atoms with Gasteiger partial charge in [-0.05, 0) is 24.3 Å². The van der Waals surface area contributed by atoms with Gasteiger partial charge in [0, 0.05) is 16.7 Å². The number of rotatable bonds is 11. The van der Waals surface area contributed by atoms with E-state index in [9.17, 15) is 5.11 Å². The van der Waals surface area contributed by atoms with Gasteiger partial charge in [-0.25, -0.2) is 0 Å². The van der Waals surface area contributed by atoms with Crippen molar-refractivity contribution in [2.24, 2.45) is 0 Å². The number of hydrogen-bond acceptors (Lipinski definition) is 4. The average molecular weight is 437 g/mol. The molecule has 0 unspecified atom stereocenters. The molecule has 164 valence electrons. The highest BCUT2D eigenvalue weighted by molar-refractivity contribution is 6.30. The number of halogens is 1. The number of hydrogen-bond donors (Lipinski definition) is 3. The summed E-state index contributed by atoms with van der Waals surface area (Å²) in [5, 5.41) is 11.1. The number of methoxy groups -OCH3 is 1. The van der Waals surface area contributed by atoms with Crippen LogP contribution in [0.4, 0.5) is 0 Å². The summed E-state index contributed by atoms with van der Waals surface area (Å²) in [6, 6.07) is 15.6. The summed E-state index contributed by atoms with van der Waals surface area (Å²) < 4.78 is 16.4. The highest BCUT2D eigenvalue weighted by Gasteiger charge is 2.25. The molecule has 6 nitrogen and oxygen atoms in total. The van der Waals surface area contributed by atoms with Crippen molar-refractivity contribution >= 4 is 11.6 Å². The average Bonchev–Trinajstić information content (AvgIpc) is 2.76. The molecule has 0 spiro atoms. The molecule has 0 radical (unpaired) electrons. The lowest BCUT2D eigenvalue weighted by molar-refractivity contribution is -1.02. The second-order valence-corrected chi connectivity index (χ2v) is 8.20. The van der Waals surface area contributed by atoms with Gasteiger partial charge in [0.05, 0.1) is 20.3 Å². The predicted octanol–water partition coefficient (Wildman–Crippen LogP) is 0.0885. The molecule has 1 atom stereocenters. The van der Waals surface area contributed by atoms with Crippen LogP contribution in [0.3, 0.4) is 0 Å². The van der Waals surface area contributed by atoms with Gasteiger partial charge in [0.2, 0.25) is 0 Å². The smallest absolute Gasteiger partial charge is 0.127 e. The Balaban J connectivity index is 1.25. The second-order valence-electron chi connectivity index (χ2n) is 7.76. The number of aliphatic hydroxyl groups is 1. The monoisotopic (exact) mass is 436 g/mol. The number of aliphatic hydroxyl groups excluding tert-OH is 1. The van der Waals surface area contributed by atoms with Crippen LogP contribution in [0.1, 0.15) is 5.56 Å². The molecular weight excluding hydrogens is 404 g/mol. The lowest BCUT2D eigenvalue weighted by Crippen LogP contribution is -3.28. The first-order valence-electron chi connectivity index (χ1n) is 10.6. The molecule has 1 saturated heterocycles. The van der Waals surface area contributed by atoms with Crippen LogP contribution >= 0.6 is 11.6 Å². The summed E-state index contributed by atoms with van der Waals surface area (Å²) in [6.45, 7) is 7.35. The molecule has 0 saturated carbocycles. The van der Waals surface area contributed by atoms with Crippen molar-refractivity contribution in [2.75, 3.05) is 59.7 Å². The van der Waals surface area contributed by atoms with Crippen molar-refractivity contribution in [1.82, 2.24) is 0 Å². The first-order valence-corrected chi connectivity index (χ1v) is 10.9. The molecule has 30 heavy (non-hydrogen) atoms. The van der Waals surface area contributed by atoms with E-state index in [0.717, 1.165) is 55.8 Å². The maximum Gasteiger partial charge on any atom is 0.127 e. The maximum absolute atomic E-state index is 10.3. The molecule has 1 fully saturated rings. The van der Waals surface area contributed by atoms with Gasteiger partial charge in [-0.15, -0.1) is 0 Å². The van der Waals surface area contributed by atoms with Crippen molar-refractivity contribution in [3.8, 4) is 11.5 Å². The molecular formula is C23H33ClN2O4+2. The quantitative estimate of drug-likeness (QED) is 0.437. The number of nitrogens with one attached hydrogen (secondary N) is 2. The minimum atomic E-state index is -0.449. The van der Waals surface area contributed by atoms with Crippen LogP contribution in [0.5, 0.6) is 11.5 Å². The summed E-state index contributed by atoms with van der Waals surface area (Å²) in [4.78, 5) is 3.03. The molecule has 0 aromatic heterocycles. The Bertz CT molecular complexity index is 751. The minimum absolute atomic E-state index is 0.340. The summed E-state index contributed by atoms with van der Waals surface area (Å²) >= 11 is 5.96. The van der Waals surface area contributed by atoms with E-state index in [1.807, 2.05) is 36.4 Å². The zero-order chi connectivity index (χ0) is 21.2. The third-order valence-corrected chi connectivity index (χ3v) is 5.66. The highest BCUT2D eigenvalue weighted by atomic mass is 35.5. The van der Waals surface area contributed by atoms with Crippen LogP contribution in [0.15, 0.2) is 48.5 Å². The Morgan fingerprint density at radius 2 is 1.67 bits per heavy atom. The molecule has 1 heterocycles. The summed E-state index contributed by atoms with van der Waals surface area (Å²) in [5.74, 6) is 1.52. The van der Waals surface area contributed by atoms with E-state index < -0.39 is 6.10 Å². The number of piperazine rings is 1. The lowest BCUT2D eigenvalue weighted by Gasteiger charge is -2.30. The molecule has 1 aliphatic heterocycles. The Morgan fingerprint density at radius 3 is 2.40 bits per heavy atom. The van der Waals surface area contributed by atoms with Crippen LogP contribution in [0.25, 0.3) is 0 Å². The zero-order valence-corrected chi connectivity index (χ0v) is 18.4. The summed E-state index contributed by atoms with van der Waals surface area (Å²) in [7, 11) is 1.63. The molecule has 0 bridgehead atoms. The SMILES string of the molecule is COc1cccc(OCCOC[C@@H](O)C[NH+]2CC[NH+](Cc3ccc(Cl)cc3)CC2)c1. The van der Waals surface area contributed by atoms with Crippen LogP contribution in [0.2, 0.25) is 5.02 Å². The fraction of sp³-hybridized carbons (Fsp3) is 0.478. The Morgan fingerprint density at radius 1 is 0.967 bits per heavy atom. The molecule has 0 amide bonds. The first kappa shape index (κ1) is 22.8. The van der Waals surface area contributed by atoms with E-state index in [0.29, 0.717) is 19.8 Å². The lowest BCUT2D eigenvalue weighted by atomic mass is 10.2. The maximum atomic E-state index is 10.3. The number of benzene rings is 2. The van der Waals surface area contributed by atoms with Gasteiger partial charge < -0.3 is 29.1 Å². The van der Waals surface area contributed by atoms with Gasteiger partial charge in [-0.2, -0.15) is 0 Å². The van der Waals surface area contributed by atoms with Crippen LogP contribution in [-0.2, 0) is 11.3 Å². The fourth-order valence-electron chi connectivity index (χ4n) is 3.75. The summed E-state index contributed by atoms with van der Waals surface area (Å²) in [5.41, 5.74) is 1.32. The zero-order valence-electron chi connectivity index (χ0n) is 17.6. The molecule has 7 heteroatoms. The Kier molecular flexibility index (Phi) is 9.24. The molecule has 2 aromatic rings. The molecule has 3 rings (SSSR count). The van der Waals surface area contributed by atoms with Gasteiger partial charge in [-0.1, -0.05) is 29.8 Å². The predicted molar refractivity (Wildman–Crippen MR) is 117 cm³/mol. The van der Waals surface area contributed by atoms with Gasteiger partial charge >= 0.3 is 0 Å². The van der Waals surface area contributed by atoms with E-state index in [1.165, 1.54) is 10.5 Å². The van der Waals surface area contributed by atoms with Gasteiger partial charge in [-0.3, -0.25) is 0 Å². The molecule has 1 aliphatic rings. The van der Waals surface area contributed by atoms with E-state index >= 15 is 0 Å². The normalized spacial score (nSPS) is 20.0. The minimum Gasteiger partial charge on any atom is -0.497 e. The van der Waals surface area contributed by atoms with Crippen molar-refractivity contribution in [3.05, 3.63) is 59.1 Å². The fourth-order valence-corrected chi connectivity index (χ4v) is 3.88. The Labute approximate surface area is 183 Å². The van der Waals surface area contributed by atoms with Gasteiger partial charge in [0.1, 0.15) is 63.5 Å². The highest BCUT2D eigenvalue weighted by Crippen LogP contribution is 2.18. The summed E-state index contributed by atoms with van der Waals surface area (Å²) in [6.07, 6.45) is -0.449. The third kappa shape index (κ3) is 7.78. The Hall–Kier alpha value is -1.83. The van der Waals surface area contributed by atoms with Gasteiger partial charge in [0.15, 0.2) is 0 Å². The largest absolute Gasteiger partial charge is 0.497 e.